The second-order valence-electron chi connectivity index (χ2n) is 4.57. The molecule has 0 bridgehead atoms. The lowest BCUT2D eigenvalue weighted by atomic mass is 10.3. The molecular formula is C13H15N3O3. The van der Waals surface area contributed by atoms with Crippen molar-refractivity contribution in [3.8, 4) is 0 Å². The van der Waals surface area contributed by atoms with E-state index in [1.165, 1.54) is 22.9 Å². The summed E-state index contributed by atoms with van der Waals surface area (Å²) in [7, 11) is 0. The topological polar surface area (TPSA) is 77.1 Å². The average Bonchev–Trinajstić information content (AvgIpc) is 2.80. The van der Waals surface area contributed by atoms with Gasteiger partial charge in [-0.05, 0) is 26.0 Å². The highest BCUT2D eigenvalue weighted by Gasteiger charge is 2.07. The van der Waals surface area contributed by atoms with Crippen LogP contribution in [-0.4, -0.2) is 25.4 Å². The van der Waals surface area contributed by atoms with Crippen molar-refractivity contribution in [2.45, 2.75) is 26.4 Å². The standard InChI is InChI=1S/C13H15N3O3/c1-9(2)16-6-5-11(14-16)8-15-7-10(13(18)19)3-4-12(15)17/h3-7,9H,8H2,1-2H3,(H,18,19). The van der Waals surface area contributed by atoms with E-state index in [1.807, 2.05) is 26.1 Å². The summed E-state index contributed by atoms with van der Waals surface area (Å²) in [6.07, 6.45) is 3.17. The molecule has 0 aliphatic rings. The second-order valence-corrected chi connectivity index (χ2v) is 4.57. The van der Waals surface area contributed by atoms with E-state index < -0.39 is 5.97 Å². The fourth-order valence-electron chi connectivity index (χ4n) is 1.71. The number of carboxylic acid groups (broad SMARTS) is 1. The fourth-order valence-corrected chi connectivity index (χ4v) is 1.71. The predicted octanol–water partition coefficient (Wildman–Crippen LogP) is 1.37. The van der Waals surface area contributed by atoms with Crippen molar-refractivity contribution in [2.24, 2.45) is 0 Å². The van der Waals surface area contributed by atoms with E-state index in [2.05, 4.69) is 5.10 Å². The molecule has 0 aliphatic heterocycles. The van der Waals surface area contributed by atoms with Crippen LogP contribution in [0.2, 0.25) is 0 Å². The lowest BCUT2D eigenvalue weighted by molar-refractivity contribution is 0.0696. The number of hydrogen-bond acceptors (Lipinski definition) is 3. The Morgan fingerprint density at radius 3 is 2.68 bits per heavy atom. The maximum Gasteiger partial charge on any atom is 0.337 e. The summed E-state index contributed by atoms with van der Waals surface area (Å²) >= 11 is 0. The minimum atomic E-state index is -1.05. The highest BCUT2D eigenvalue weighted by atomic mass is 16.4. The van der Waals surface area contributed by atoms with Gasteiger partial charge in [0.25, 0.3) is 5.56 Å². The molecule has 6 nitrogen and oxygen atoms in total. The first-order valence-electron chi connectivity index (χ1n) is 5.95. The van der Waals surface area contributed by atoms with E-state index in [9.17, 15) is 9.59 Å². The van der Waals surface area contributed by atoms with Crippen molar-refractivity contribution < 1.29 is 9.90 Å². The lowest BCUT2D eigenvalue weighted by Crippen LogP contribution is -2.21. The number of rotatable bonds is 4. The maximum absolute atomic E-state index is 11.7. The Bertz CT molecular complexity index is 655. The van der Waals surface area contributed by atoms with Crippen LogP contribution in [-0.2, 0) is 6.54 Å². The van der Waals surface area contributed by atoms with Crippen LogP contribution in [0.15, 0.2) is 35.4 Å². The molecule has 0 saturated carbocycles. The zero-order valence-corrected chi connectivity index (χ0v) is 10.8. The van der Waals surface area contributed by atoms with Gasteiger partial charge in [-0.25, -0.2) is 4.79 Å². The van der Waals surface area contributed by atoms with E-state index >= 15 is 0 Å². The predicted molar refractivity (Wildman–Crippen MR) is 69.4 cm³/mol. The molecule has 2 aromatic rings. The van der Waals surface area contributed by atoms with Crippen LogP contribution in [0, 0.1) is 0 Å². The van der Waals surface area contributed by atoms with Crippen molar-refractivity contribution >= 4 is 5.97 Å². The minimum absolute atomic E-state index is 0.0860. The van der Waals surface area contributed by atoms with E-state index in [1.54, 1.807) is 4.68 Å². The number of carboxylic acids is 1. The number of aromatic nitrogens is 3. The SMILES string of the molecule is CC(C)n1ccc(Cn2cc(C(=O)O)ccc2=O)n1. The Morgan fingerprint density at radius 2 is 2.11 bits per heavy atom. The molecule has 0 spiro atoms. The first kappa shape index (κ1) is 13.1. The molecule has 2 aromatic heterocycles. The molecule has 1 N–H and O–H groups in total. The Hall–Kier alpha value is -2.37. The Balaban J connectivity index is 2.29. The van der Waals surface area contributed by atoms with Gasteiger partial charge in [-0.15, -0.1) is 0 Å². The van der Waals surface area contributed by atoms with Crippen molar-refractivity contribution in [3.05, 3.63) is 52.2 Å². The minimum Gasteiger partial charge on any atom is -0.478 e. The fraction of sp³-hybridized carbons (Fsp3) is 0.308. The van der Waals surface area contributed by atoms with Crippen molar-refractivity contribution in [1.82, 2.24) is 14.3 Å². The number of pyridine rings is 1. The van der Waals surface area contributed by atoms with Gasteiger partial charge in [0.2, 0.25) is 0 Å². The molecule has 0 unspecified atom stereocenters. The summed E-state index contributed by atoms with van der Waals surface area (Å²) in [5.41, 5.74) is 0.560. The van der Waals surface area contributed by atoms with Crippen LogP contribution in [0.25, 0.3) is 0 Å². The van der Waals surface area contributed by atoms with Gasteiger partial charge >= 0.3 is 5.97 Å². The molecule has 100 valence electrons. The van der Waals surface area contributed by atoms with Crippen LogP contribution < -0.4 is 5.56 Å². The van der Waals surface area contributed by atoms with Gasteiger partial charge in [-0.2, -0.15) is 5.10 Å². The average molecular weight is 261 g/mol. The number of nitrogens with zero attached hydrogens (tertiary/aromatic N) is 3. The molecule has 0 fully saturated rings. The zero-order chi connectivity index (χ0) is 14.0. The van der Waals surface area contributed by atoms with E-state index in [0.29, 0.717) is 0 Å². The summed E-state index contributed by atoms with van der Waals surface area (Å²) in [5.74, 6) is -1.05. The molecule has 0 aromatic carbocycles. The molecule has 0 atom stereocenters. The zero-order valence-electron chi connectivity index (χ0n) is 10.8. The third-order valence-corrected chi connectivity index (χ3v) is 2.76. The third-order valence-electron chi connectivity index (χ3n) is 2.76. The summed E-state index contributed by atoms with van der Waals surface area (Å²) in [6, 6.07) is 4.62. The number of aromatic carboxylic acids is 1. The molecule has 6 heteroatoms. The largest absolute Gasteiger partial charge is 0.478 e. The second kappa shape index (κ2) is 5.09. The first-order valence-corrected chi connectivity index (χ1v) is 5.95. The molecular weight excluding hydrogens is 246 g/mol. The normalized spacial score (nSPS) is 10.9. The summed E-state index contributed by atoms with van der Waals surface area (Å²) in [4.78, 5) is 22.5. The lowest BCUT2D eigenvalue weighted by Gasteiger charge is -2.06. The quantitative estimate of drug-likeness (QED) is 0.901. The molecule has 19 heavy (non-hydrogen) atoms. The number of carbonyl (C=O) groups is 1. The van der Waals surface area contributed by atoms with Gasteiger partial charge in [0.1, 0.15) is 0 Å². The highest BCUT2D eigenvalue weighted by molar-refractivity contribution is 5.87. The van der Waals surface area contributed by atoms with Crippen molar-refractivity contribution in [2.75, 3.05) is 0 Å². The molecule has 2 rings (SSSR count). The van der Waals surface area contributed by atoms with E-state index in [4.69, 9.17) is 5.11 Å². The Labute approximate surface area is 109 Å². The van der Waals surface area contributed by atoms with E-state index in [0.717, 1.165) is 5.69 Å². The van der Waals surface area contributed by atoms with Crippen LogP contribution in [0.1, 0.15) is 35.9 Å². The van der Waals surface area contributed by atoms with Gasteiger partial charge in [0.05, 0.1) is 17.8 Å². The smallest absolute Gasteiger partial charge is 0.337 e. The van der Waals surface area contributed by atoms with E-state index in [-0.39, 0.29) is 23.7 Å². The molecule has 0 amide bonds. The summed E-state index contributed by atoms with van der Waals surface area (Å²) in [5, 5.41) is 13.2. The van der Waals surface area contributed by atoms with Crippen LogP contribution in [0.3, 0.4) is 0 Å². The summed E-state index contributed by atoms with van der Waals surface area (Å²) in [6.45, 7) is 4.28. The van der Waals surface area contributed by atoms with Crippen molar-refractivity contribution in [1.29, 1.82) is 0 Å². The van der Waals surface area contributed by atoms with Gasteiger partial charge in [0, 0.05) is 24.5 Å². The van der Waals surface area contributed by atoms with Gasteiger partial charge in [0.15, 0.2) is 0 Å². The monoisotopic (exact) mass is 261 g/mol. The highest BCUT2D eigenvalue weighted by Crippen LogP contribution is 2.05. The Morgan fingerprint density at radius 1 is 1.37 bits per heavy atom. The van der Waals surface area contributed by atoms with Gasteiger partial charge < -0.3 is 9.67 Å². The van der Waals surface area contributed by atoms with Gasteiger partial charge in [-0.3, -0.25) is 9.48 Å². The van der Waals surface area contributed by atoms with Crippen LogP contribution >= 0.6 is 0 Å². The molecule has 0 saturated heterocycles. The molecule has 0 radical (unpaired) electrons. The molecule has 2 heterocycles. The Kier molecular flexibility index (Phi) is 3.50. The summed E-state index contributed by atoms with van der Waals surface area (Å²) < 4.78 is 3.14. The maximum atomic E-state index is 11.7. The number of hydrogen-bond donors (Lipinski definition) is 1. The van der Waals surface area contributed by atoms with Gasteiger partial charge in [-0.1, -0.05) is 0 Å². The van der Waals surface area contributed by atoms with Crippen LogP contribution in [0.5, 0.6) is 0 Å². The van der Waals surface area contributed by atoms with Crippen molar-refractivity contribution in [3.63, 3.8) is 0 Å². The first-order chi connectivity index (χ1) is 8.97. The molecule has 0 aliphatic carbocycles. The van der Waals surface area contributed by atoms with Crippen LogP contribution in [0.4, 0.5) is 0 Å². The third kappa shape index (κ3) is 2.90.